The quantitative estimate of drug-likeness (QED) is 0.365. The van der Waals surface area contributed by atoms with Crippen LogP contribution in [0.3, 0.4) is 0 Å². The number of ether oxygens (including phenoxy) is 1. The van der Waals surface area contributed by atoms with Gasteiger partial charge >= 0.3 is 6.01 Å². The SMILES string of the molecule is C#Cc1cc2c(N3C[C@H]4CC[C@@H](C3)N4)nc(OC[C@@]34CCCN3C[C@H](F)C4)nc2c(F)c1-c1cc(O)cc2c1C(CC)CC2. The molecule has 0 amide bonds. The molecular formula is C35H39F2N5O2. The molecule has 4 saturated heterocycles. The predicted octanol–water partition coefficient (Wildman–Crippen LogP) is 5.46. The second-order valence-corrected chi connectivity index (χ2v) is 13.6. The van der Waals surface area contributed by atoms with Crippen LogP contribution in [0.15, 0.2) is 18.2 Å². The van der Waals surface area contributed by atoms with Crippen LogP contribution in [0.1, 0.15) is 74.5 Å². The molecule has 0 radical (unpaired) electrons. The third-order valence-corrected chi connectivity index (χ3v) is 11.0. The summed E-state index contributed by atoms with van der Waals surface area (Å²) < 4.78 is 37.9. The Balaban J connectivity index is 1.28. The second kappa shape index (κ2) is 10.6. The zero-order valence-electron chi connectivity index (χ0n) is 25.2. The molecular weight excluding hydrogens is 560 g/mol. The third-order valence-electron chi connectivity index (χ3n) is 11.0. The number of phenolic OH excluding ortho intramolecular Hbond substituents is 1. The third kappa shape index (κ3) is 4.44. The van der Waals surface area contributed by atoms with Gasteiger partial charge in [0.1, 0.15) is 29.9 Å². The average Bonchev–Trinajstić information content (AvgIpc) is 3.77. The molecule has 9 heteroatoms. The Bertz CT molecular complexity index is 1680. The van der Waals surface area contributed by atoms with Crippen molar-refractivity contribution in [1.29, 1.82) is 0 Å². The Morgan fingerprint density at radius 1 is 1.16 bits per heavy atom. The summed E-state index contributed by atoms with van der Waals surface area (Å²) in [5.74, 6) is 3.21. The summed E-state index contributed by atoms with van der Waals surface area (Å²) in [5.41, 5.74) is 3.23. The van der Waals surface area contributed by atoms with Crippen molar-refractivity contribution in [3.05, 3.63) is 40.7 Å². The van der Waals surface area contributed by atoms with Crippen LogP contribution in [0, 0.1) is 18.2 Å². The first-order valence-electron chi connectivity index (χ1n) is 16.3. The van der Waals surface area contributed by atoms with E-state index in [9.17, 15) is 9.50 Å². The number of anilines is 1. The van der Waals surface area contributed by atoms with Gasteiger partial charge in [-0.05, 0) is 92.3 Å². The van der Waals surface area contributed by atoms with Crippen LogP contribution in [-0.2, 0) is 6.42 Å². The van der Waals surface area contributed by atoms with Gasteiger partial charge in [-0.25, -0.2) is 8.78 Å². The maximum atomic E-state index is 17.1. The number of terminal acetylenes is 1. The van der Waals surface area contributed by atoms with Crippen molar-refractivity contribution in [2.24, 2.45) is 0 Å². The first kappa shape index (κ1) is 28.0. The van der Waals surface area contributed by atoms with Gasteiger partial charge in [0.15, 0.2) is 5.82 Å². The van der Waals surface area contributed by atoms with Gasteiger partial charge in [-0.15, -0.1) is 6.42 Å². The van der Waals surface area contributed by atoms with E-state index < -0.39 is 12.0 Å². The summed E-state index contributed by atoms with van der Waals surface area (Å²) in [6.45, 7) is 5.18. The number of aromatic hydroxyl groups is 1. The molecule has 1 unspecified atom stereocenters. The summed E-state index contributed by atoms with van der Waals surface area (Å²) in [6, 6.07) is 6.06. The lowest BCUT2D eigenvalue weighted by Crippen LogP contribution is -2.51. The standard InChI is InChI=1S/C35H39F2N5O2/c1-3-20-6-7-22-12-26(43)14-27(29(20)22)30-21(4-2)13-28-32(31(30)37)39-34(40-33(28)41-17-24-8-9-25(18-41)38-24)44-19-35-10-5-11-42(35)16-23(36)15-35/h2,12-14,20,23-25,38,43H,3,5-11,15-19H2,1H3/t20?,23-,24-,25+,35+/m1/s1. The molecule has 8 rings (SSSR count). The maximum absolute atomic E-state index is 17.1. The van der Waals surface area contributed by atoms with E-state index in [2.05, 4.69) is 28.0 Å². The summed E-state index contributed by atoms with van der Waals surface area (Å²) in [7, 11) is 0. The van der Waals surface area contributed by atoms with Gasteiger partial charge in [0.25, 0.3) is 0 Å². The Kier molecular flexibility index (Phi) is 6.73. The number of nitrogens with zero attached hydrogens (tertiary/aromatic N) is 4. The molecule has 3 aromatic rings. The van der Waals surface area contributed by atoms with E-state index in [1.165, 1.54) is 0 Å². The van der Waals surface area contributed by atoms with E-state index in [4.69, 9.17) is 21.1 Å². The first-order chi connectivity index (χ1) is 21.4. The molecule has 5 heterocycles. The summed E-state index contributed by atoms with van der Waals surface area (Å²) in [5, 5.41) is 14.9. The van der Waals surface area contributed by atoms with Crippen LogP contribution in [-0.4, -0.2) is 76.6 Å². The molecule has 4 fully saturated rings. The maximum Gasteiger partial charge on any atom is 0.319 e. The highest BCUT2D eigenvalue weighted by Crippen LogP contribution is 2.47. The van der Waals surface area contributed by atoms with E-state index in [1.807, 2.05) is 6.07 Å². The minimum atomic E-state index is -0.874. The Hall–Kier alpha value is -3.48. The molecule has 5 atom stereocenters. The number of hydrogen-bond acceptors (Lipinski definition) is 7. The molecule has 1 aromatic heterocycles. The molecule has 2 N–H and O–H groups in total. The predicted molar refractivity (Wildman–Crippen MR) is 167 cm³/mol. The fraction of sp³-hybridized carbons (Fsp3) is 0.543. The highest BCUT2D eigenvalue weighted by Gasteiger charge is 2.49. The molecule has 2 bridgehead atoms. The van der Waals surface area contributed by atoms with Gasteiger partial charge < -0.3 is 20.1 Å². The summed E-state index contributed by atoms with van der Waals surface area (Å²) in [6.07, 6.45) is 12.4. The number of aromatic nitrogens is 2. The number of aryl methyl sites for hydroxylation is 1. The van der Waals surface area contributed by atoms with E-state index in [0.29, 0.717) is 52.9 Å². The van der Waals surface area contributed by atoms with Crippen molar-refractivity contribution in [2.75, 3.05) is 37.7 Å². The Morgan fingerprint density at radius 2 is 1.98 bits per heavy atom. The number of piperazine rings is 1. The van der Waals surface area contributed by atoms with Crippen LogP contribution in [0.4, 0.5) is 14.6 Å². The van der Waals surface area contributed by atoms with Crippen molar-refractivity contribution in [3.63, 3.8) is 0 Å². The van der Waals surface area contributed by atoms with Gasteiger partial charge in [0.2, 0.25) is 0 Å². The zero-order valence-corrected chi connectivity index (χ0v) is 25.2. The number of rotatable bonds is 6. The molecule has 2 aromatic carbocycles. The molecule has 0 saturated carbocycles. The van der Waals surface area contributed by atoms with Gasteiger partial charge in [-0.3, -0.25) is 4.90 Å². The minimum Gasteiger partial charge on any atom is -0.508 e. The van der Waals surface area contributed by atoms with Crippen molar-refractivity contribution in [3.8, 4) is 35.2 Å². The lowest BCUT2D eigenvalue weighted by Gasteiger charge is -2.35. The topological polar surface area (TPSA) is 73.8 Å². The number of hydrogen-bond donors (Lipinski definition) is 2. The minimum absolute atomic E-state index is 0.102. The normalized spacial score (nSPS) is 29.3. The summed E-state index contributed by atoms with van der Waals surface area (Å²) in [4.78, 5) is 14.0. The van der Waals surface area contributed by atoms with Gasteiger partial charge in [-0.1, -0.05) is 12.8 Å². The van der Waals surface area contributed by atoms with Crippen LogP contribution < -0.4 is 15.0 Å². The van der Waals surface area contributed by atoms with E-state index >= 15 is 4.39 Å². The fourth-order valence-corrected chi connectivity index (χ4v) is 8.97. The fourth-order valence-electron chi connectivity index (χ4n) is 8.97. The highest BCUT2D eigenvalue weighted by molar-refractivity contribution is 5.96. The van der Waals surface area contributed by atoms with Crippen LogP contribution in [0.25, 0.3) is 22.0 Å². The van der Waals surface area contributed by atoms with Gasteiger partial charge in [0.05, 0.1) is 5.54 Å². The second-order valence-electron chi connectivity index (χ2n) is 13.6. The molecule has 7 nitrogen and oxygen atoms in total. The average molecular weight is 600 g/mol. The Morgan fingerprint density at radius 3 is 2.75 bits per heavy atom. The number of nitrogens with one attached hydrogen (secondary N) is 1. The largest absolute Gasteiger partial charge is 0.508 e. The van der Waals surface area contributed by atoms with Crippen LogP contribution in [0.2, 0.25) is 0 Å². The smallest absolute Gasteiger partial charge is 0.319 e. The summed E-state index contributed by atoms with van der Waals surface area (Å²) >= 11 is 0. The number of alkyl halides is 1. The zero-order chi connectivity index (χ0) is 30.2. The van der Waals surface area contributed by atoms with E-state index in [0.717, 1.165) is 75.7 Å². The number of halogens is 2. The molecule has 0 spiro atoms. The number of fused-ring (bicyclic) bond motifs is 5. The van der Waals surface area contributed by atoms with E-state index in [1.54, 1.807) is 12.1 Å². The highest BCUT2D eigenvalue weighted by atomic mass is 19.1. The van der Waals surface area contributed by atoms with Crippen molar-refractivity contribution in [1.82, 2.24) is 20.2 Å². The lowest BCUT2D eigenvalue weighted by molar-refractivity contribution is 0.107. The van der Waals surface area contributed by atoms with Crippen molar-refractivity contribution in [2.45, 2.75) is 88.0 Å². The van der Waals surface area contributed by atoms with Gasteiger partial charge in [0, 0.05) is 54.7 Å². The van der Waals surface area contributed by atoms with Crippen LogP contribution >= 0.6 is 0 Å². The van der Waals surface area contributed by atoms with Gasteiger partial charge in [-0.2, -0.15) is 9.97 Å². The van der Waals surface area contributed by atoms with E-state index in [-0.39, 0.29) is 35.3 Å². The van der Waals surface area contributed by atoms with Crippen molar-refractivity contribution < 1.29 is 18.6 Å². The Labute approximate surface area is 257 Å². The molecule has 44 heavy (non-hydrogen) atoms. The first-order valence-corrected chi connectivity index (χ1v) is 16.3. The molecule has 4 aliphatic heterocycles. The van der Waals surface area contributed by atoms with Crippen molar-refractivity contribution >= 4 is 16.7 Å². The monoisotopic (exact) mass is 599 g/mol. The van der Waals surface area contributed by atoms with Crippen LogP contribution in [0.5, 0.6) is 11.8 Å². The number of phenols is 1. The molecule has 5 aliphatic rings. The molecule has 1 aliphatic carbocycles. The number of benzene rings is 2. The molecule has 230 valence electrons. The lowest BCUT2D eigenvalue weighted by atomic mass is 9.87.